The van der Waals surface area contributed by atoms with Crippen LogP contribution < -0.4 is 0 Å². The second-order valence-corrected chi connectivity index (χ2v) is 8.98. The largest absolute Gasteiger partial charge is 0.458 e. The van der Waals surface area contributed by atoms with Crippen molar-refractivity contribution in [3.05, 3.63) is 29.3 Å². The Morgan fingerprint density at radius 2 is 2.03 bits per heavy atom. The van der Waals surface area contributed by atoms with Gasteiger partial charge in [0.25, 0.3) is 0 Å². The molecule has 0 radical (unpaired) electrons. The number of hydrogen-bond acceptors (Lipinski definition) is 7. The van der Waals surface area contributed by atoms with E-state index in [2.05, 4.69) is 6.07 Å². The molecule has 152 valence electrons. The number of nitrogens with zero attached hydrogens (tertiary/aromatic N) is 2. The van der Waals surface area contributed by atoms with Crippen LogP contribution in [0.3, 0.4) is 0 Å². The summed E-state index contributed by atoms with van der Waals surface area (Å²) in [5.74, 6) is -2.10. The van der Waals surface area contributed by atoms with Crippen molar-refractivity contribution < 1.29 is 14.3 Å². The summed E-state index contributed by atoms with van der Waals surface area (Å²) < 4.78 is 6.35. The number of ether oxygens (including phenoxy) is 1. The molecule has 1 fully saturated rings. The molecule has 1 unspecified atom stereocenters. The second-order valence-electron chi connectivity index (χ2n) is 7.86. The number of esters is 1. The van der Waals surface area contributed by atoms with Crippen LogP contribution in [0.1, 0.15) is 50.5 Å². The monoisotopic (exact) mass is 411 g/mol. The number of ketones is 1. The molecule has 1 aromatic carbocycles. The van der Waals surface area contributed by atoms with E-state index in [1.165, 1.54) is 6.92 Å². The molecular weight excluding hydrogens is 386 g/mol. The Hall–Kier alpha value is -2.59. The van der Waals surface area contributed by atoms with Crippen LogP contribution in [0.25, 0.3) is 10.2 Å². The number of thiazole rings is 1. The van der Waals surface area contributed by atoms with Crippen molar-refractivity contribution in [2.75, 3.05) is 6.61 Å². The third kappa shape index (κ3) is 5.27. The number of nitriles is 1. The average Bonchev–Trinajstić information content (AvgIpc) is 3.09. The van der Waals surface area contributed by atoms with Crippen molar-refractivity contribution in [2.45, 2.75) is 51.9 Å². The summed E-state index contributed by atoms with van der Waals surface area (Å²) in [5.41, 5.74) is 0.752. The standard InChI is InChI=1S/C22H25N3O3S/c1-15(24)16(13-23)18(26)14-28-21(27)12-22(9-5-2-6-10-22)11-20-25-17-7-3-4-8-19(17)29-20/h3-4,7-8,16,24H,2,5-6,9-12,14H2,1H3. The summed E-state index contributed by atoms with van der Waals surface area (Å²) >= 11 is 1.67. The molecule has 1 saturated carbocycles. The quantitative estimate of drug-likeness (QED) is 0.510. The molecule has 29 heavy (non-hydrogen) atoms. The van der Waals surface area contributed by atoms with E-state index in [0.717, 1.165) is 53.7 Å². The van der Waals surface area contributed by atoms with Gasteiger partial charge in [0.05, 0.1) is 27.7 Å². The number of carbonyl (C=O) groups is 2. The Morgan fingerprint density at radius 1 is 1.31 bits per heavy atom. The molecule has 6 nitrogen and oxygen atoms in total. The van der Waals surface area contributed by atoms with Gasteiger partial charge in [-0.15, -0.1) is 11.3 Å². The van der Waals surface area contributed by atoms with E-state index in [1.54, 1.807) is 17.4 Å². The van der Waals surface area contributed by atoms with Gasteiger partial charge in [0.1, 0.15) is 5.92 Å². The van der Waals surface area contributed by atoms with E-state index in [1.807, 2.05) is 18.2 Å². The number of benzene rings is 1. The van der Waals surface area contributed by atoms with E-state index >= 15 is 0 Å². The summed E-state index contributed by atoms with van der Waals surface area (Å²) in [5, 5.41) is 17.5. The zero-order valence-corrected chi connectivity index (χ0v) is 17.4. The van der Waals surface area contributed by atoms with Crippen LogP contribution >= 0.6 is 11.3 Å². The number of hydrogen-bond donors (Lipinski definition) is 1. The zero-order chi connectivity index (χ0) is 20.9. The fraction of sp³-hybridized carbons (Fsp3) is 0.500. The lowest BCUT2D eigenvalue weighted by Crippen LogP contribution is -2.32. The third-order valence-corrected chi connectivity index (χ3v) is 6.59. The Labute approximate surface area is 174 Å². The van der Waals surface area contributed by atoms with Gasteiger partial charge in [-0.1, -0.05) is 31.4 Å². The van der Waals surface area contributed by atoms with Crippen LogP contribution in [0.15, 0.2) is 24.3 Å². The van der Waals surface area contributed by atoms with Crippen LogP contribution in [0.4, 0.5) is 0 Å². The van der Waals surface area contributed by atoms with Gasteiger partial charge < -0.3 is 10.1 Å². The van der Waals surface area contributed by atoms with Gasteiger partial charge >= 0.3 is 5.97 Å². The highest BCUT2D eigenvalue weighted by Gasteiger charge is 2.36. The highest BCUT2D eigenvalue weighted by atomic mass is 32.1. The summed E-state index contributed by atoms with van der Waals surface area (Å²) in [7, 11) is 0. The Bertz CT molecular complexity index is 921. The molecule has 0 saturated heterocycles. The first-order chi connectivity index (χ1) is 13.9. The number of Topliss-reactive ketones (excluding diaryl/α,β-unsaturated/α-hetero) is 1. The maximum absolute atomic E-state index is 12.5. The maximum Gasteiger partial charge on any atom is 0.306 e. The van der Waals surface area contributed by atoms with Gasteiger partial charge in [-0.2, -0.15) is 5.26 Å². The first-order valence-electron chi connectivity index (χ1n) is 9.90. The van der Waals surface area contributed by atoms with E-state index in [-0.39, 0.29) is 17.5 Å². The molecule has 7 heteroatoms. The van der Waals surface area contributed by atoms with E-state index in [4.69, 9.17) is 20.4 Å². The minimum Gasteiger partial charge on any atom is -0.458 e. The number of aromatic nitrogens is 1. The third-order valence-electron chi connectivity index (χ3n) is 5.56. The van der Waals surface area contributed by atoms with Crippen LogP contribution in [-0.2, 0) is 20.7 Å². The lowest BCUT2D eigenvalue weighted by Gasteiger charge is -2.36. The number of carbonyl (C=O) groups excluding carboxylic acids is 2. The summed E-state index contributed by atoms with van der Waals surface area (Å²) in [6.45, 7) is 0.952. The number of rotatable bonds is 8. The molecule has 1 aliphatic carbocycles. The Morgan fingerprint density at radius 3 is 2.69 bits per heavy atom. The molecule has 0 amide bonds. The van der Waals surface area contributed by atoms with Crippen molar-refractivity contribution >= 4 is 39.0 Å². The second kappa shape index (κ2) is 9.27. The van der Waals surface area contributed by atoms with Gasteiger partial charge in [-0.25, -0.2) is 4.98 Å². The lowest BCUT2D eigenvalue weighted by molar-refractivity contribution is -0.151. The van der Waals surface area contributed by atoms with Gasteiger partial charge in [0.2, 0.25) is 0 Å². The normalized spacial score (nSPS) is 16.7. The minimum atomic E-state index is -1.14. The fourth-order valence-corrected chi connectivity index (χ4v) is 5.18. The predicted octanol–water partition coefficient (Wildman–Crippen LogP) is 4.47. The van der Waals surface area contributed by atoms with Gasteiger partial charge in [0.15, 0.2) is 12.4 Å². The van der Waals surface area contributed by atoms with E-state index in [0.29, 0.717) is 0 Å². The number of nitrogens with one attached hydrogen (secondary N) is 1. The van der Waals surface area contributed by atoms with Gasteiger partial charge in [-0.05, 0) is 37.3 Å². The topological polar surface area (TPSA) is 104 Å². The fourth-order valence-electron chi connectivity index (χ4n) is 4.04. The van der Waals surface area contributed by atoms with Crippen molar-refractivity contribution in [3.63, 3.8) is 0 Å². The summed E-state index contributed by atoms with van der Waals surface area (Å²) in [6.07, 6.45) is 6.16. The average molecular weight is 412 g/mol. The smallest absolute Gasteiger partial charge is 0.306 e. The molecule has 1 aliphatic rings. The number of fused-ring (bicyclic) bond motifs is 1. The molecule has 1 heterocycles. The molecular formula is C22H25N3O3S. The molecule has 1 N–H and O–H groups in total. The van der Waals surface area contributed by atoms with Crippen molar-refractivity contribution in [1.82, 2.24) is 4.98 Å². The highest BCUT2D eigenvalue weighted by molar-refractivity contribution is 7.18. The van der Waals surface area contributed by atoms with Crippen LogP contribution in [0.5, 0.6) is 0 Å². The predicted molar refractivity (Wildman–Crippen MR) is 112 cm³/mol. The molecule has 0 spiro atoms. The molecule has 0 bridgehead atoms. The Kier molecular flexibility index (Phi) is 6.75. The van der Waals surface area contributed by atoms with Crippen LogP contribution in [0.2, 0.25) is 0 Å². The summed E-state index contributed by atoms with van der Waals surface area (Å²) in [6, 6.07) is 9.82. The first-order valence-corrected chi connectivity index (χ1v) is 10.7. The van der Waals surface area contributed by atoms with Crippen molar-refractivity contribution in [1.29, 1.82) is 10.7 Å². The highest BCUT2D eigenvalue weighted by Crippen LogP contribution is 2.43. The van der Waals surface area contributed by atoms with Crippen LogP contribution in [-0.4, -0.2) is 29.1 Å². The molecule has 1 aromatic heterocycles. The maximum atomic E-state index is 12.5. The van der Waals surface area contributed by atoms with Gasteiger partial charge in [-0.3, -0.25) is 9.59 Å². The van der Waals surface area contributed by atoms with E-state index in [9.17, 15) is 9.59 Å². The minimum absolute atomic E-state index is 0.0341. The zero-order valence-electron chi connectivity index (χ0n) is 16.6. The first kappa shape index (κ1) is 21.1. The molecule has 0 aliphatic heterocycles. The van der Waals surface area contributed by atoms with Crippen LogP contribution in [0, 0.1) is 28.1 Å². The van der Waals surface area contributed by atoms with Gasteiger partial charge in [0, 0.05) is 12.1 Å². The lowest BCUT2D eigenvalue weighted by atomic mass is 9.70. The van der Waals surface area contributed by atoms with E-state index < -0.39 is 24.3 Å². The number of para-hydroxylation sites is 1. The molecule has 1 atom stereocenters. The SMILES string of the molecule is CC(=N)C(C#N)C(=O)COC(=O)CC1(Cc2nc3ccccc3s2)CCCCC1. The molecule has 3 rings (SSSR count). The summed E-state index contributed by atoms with van der Waals surface area (Å²) in [4.78, 5) is 29.3. The van der Waals surface area contributed by atoms with Crippen molar-refractivity contribution in [2.24, 2.45) is 11.3 Å². The Balaban J connectivity index is 1.66. The molecule has 2 aromatic rings. The van der Waals surface area contributed by atoms with Crippen molar-refractivity contribution in [3.8, 4) is 6.07 Å².